The second-order valence-corrected chi connectivity index (χ2v) is 3.46. The van der Waals surface area contributed by atoms with Crippen molar-refractivity contribution in [2.45, 2.75) is 12.3 Å². The summed E-state index contributed by atoms with van der Waals surface area (Å²) in [7, 11) is 0. The average molecular weight is 225 g/mol. The van der Waals surface area contributed by atoms with Crippen molar-refractivity contribution < 1.29 is 9.53 Å². The van der Waals surface area contributed by atoms with E-state index in [0.717, 1.165) is 5.56 Å². The van der Waals surface area contributed by atoms with E-state index in [4.69, 9.17) is 16.3 Å². The molecule has 0 spiro atoms. The summed E-state index contributed by atoms with van der Waals surface area (Å²) in [5.74, 6) is -0.443. The van der Waals surface area contributed by atoms with Crippen molar-refractivity contribution in [1.29, 1.82) is 0 Å². The normalized spacial score (nSPS) is 11.9. The summed E-state index contributed by atoms with van der Waals surface area (Å²) in [6.45, 7) is 5.72. The molecule has 3 heteroatoms. The number of benzene rings is 1. The van der Waals surface area contributed by atoms with Crippen LogP contribution in [0.25, 0.3) is 0 Å². The minimum absolute atomic E-state index is 0.268. The lowest BCUT2D eigenvalue weighted by molar-refractivity contribution is -0.138. The maximum Gasteiger partial charge on any atom is 0.335 e. The van der Waals surface area contributed by atoms with Crippen LogP contribution < -0.4 is 0 Å². The molecule has 15 heavy (non-hydrogen) atoms. The Bertz CT molecular complexity index is 346. The molecule has 0 saturated heterocycles. The summed E-state index contributed by atoms with van der Waals surface area (Å²) in [6.07, 6.45) is 0. The molecule has 0 aliphatic rings. The molecule has 0 amide bonds. The largest absolute Gasteiger partial charge is 0.463 e. The van der Waals surface area contributed by atoms with Gasteiger partial charge in [0.2, 0.25) is 0 Å². The van der Waals surface area contributed by atoms with Crippen LogP contribution in [0.4, 0.5) is 0 Å². The van der Waals surface area contributed by atoms with Gasteiger partial charge >= 0.3 is 5.97 Å². The highest BCUT2D eigenvalue weighted by Crippen LogP contribution is 2.27. The number of carbonyl (C=O) groups excluding carboxylic acids is 1. The molecule has 0 N–H and O–H groups in total. The number of hydrogen-bond acceptors (Lipinski definition) is 2. The predicted molar refractivity (Wildman–Crippen MR) is 60.8 cm³/mol. The SMILES string of the molecule is C=C(C(=O)OCC)C(Cl)c1ccccc1. The van der Waals surface area contributed by atoms with Gasteiger partial charge in [-0.2, -0.15) is 0 Å². The van der Waals surface area contributed by atoms with Crippen LogP contribution in [0, 0.1) is 0 Å². The van der Waals surface area contributed by atoms with Crippen LogP contribution in [-0.4, -0.2) is 12.6 Å². The molecule has 1 unspecified atom stereocenters. The van der Waals surface area contributed by atoms with Crippen molar-refractivity contribution in [3.63, 3.8) is 0 Å². The number of esters is 1. The van der Waals surface area contributed by atoms with E-state index in [1.54, 1.807) is 6.92 Å². The Kier molecular flexibility index (Phi) is 4.37. The standard InChI is InChI=1S/C12H13ClO2/c1-3-15-12(14)9(2)11(13)10-7-5-4-6-8-10/h4-8,11H,2-3H2,1H3. The van der Waals surface area contributed by atoms with E-state index in [2.05, 4.69) is 6.58 Å². The van der Waals surface area contributed by atoms with E-state index in [9.17, 15) is 4.79 Å². The Morgan fingerprint density at radius 2 is 2.07 bits per heavy atom. The second-order valence-electron chi connectivity index (χ2n) is 3.02. The third kappa shape index (κ3) is 3.10. The Morgan fingerprint density at radius 3 is 2.60 bits per heavy atom. The van der Waals surface area contributed by atoms with E-state index >= 15 is 0 Å². The molecule has 80 valence electrons. The fourth-order valence-electron chi connectivity index (χ4n) is 1.15. The molecule has 1 aromatic rings. The van der Waals surface area contributed by atoms with E-state index in [1.165, 1.54) is 0 Å². The van der Waals surface area contributed by atoms with Gasteiger partial charge in [0.15, 0.2) is 0 Å². The van der Waals surface area contributed by atoms with Crippen LogP contribution in [0.1, 0.15) is 17.9 Å². The molecular weight excluding hydrogens is 212 g/mol. The number of alkyl halides is 1. The fourth-order valence-corrected chi connectivity index (χ4v) is 1.39. The Balaban J connectivity index is 2.73. The number of hydrogen-bond donors (Lipinski definition) is 0. The minimum atomic E-state index is -0.523. The van der Waals surface area contributed by atoms with Gasteiger partial charge in [0.25, 0.3) is 0 Å². The van der Waals surface area contributed by atoms with Gasteiger partial charge in [0.1, 0.15) is 0 Å². The quantitative estimate of drug-likeness (QED) is 0.446. The zero-order valence-corrected chi connectivity index (χ0v) is 9.33. The van der Waals surface area contributed by atoms with Gasteiger partial charge in [-0.15, -0.1) is 11.6 Å². The van der Waals surface area contributed by atoms with Crippen molar-refractivity contribution in [3.05, 3.63) is 48.0 Å². The highest BCUT2D eigenvalue weighted by molar-refractivity contribution is 6.25. The summed E-state index contributed by atoms with van der Waals surface area (Å²) >= 11 is 6.09. The monoisotopic (exact) mass is 224 g/mol. The first-order valence-electron chi connectivity index (χ1n) is 4.71. The molecule has 2 nitrogen and oxygen atoms in total. The van der Waals surface area contributed by atoms with Gasteiger partial charge in [-0.1, -0.05) is 36.9 Å². The van der Waals surface area contributed by atoms with Gasteiger partial charge in [-0.3, -0.25) is 0 Å². The molecule has 1 aromatic carbocycles. The van der Waals surface area contributed by atoms with Crippen LogP contribution in [0.5, 0.6) is 0 Å². The van der Waals surface area contributed by atoms with E-state index < -0.39 is 11.3 Å². The molecule has 1 rings (SSSR count). The first-order valence-corrected chi connectivity index (χ1v) is 5.15. The van der Waals surface area contributed by atoms with Gasteiger partial charge in [0, 0.05) is 0 Å². The number of carbonyl (C=O) groups is 1. The topological polar surface area (TPSA) is 26.3 Å². The van der Waals surface area contributed by atoms with Crippen molar-refractivity contribution in [1.82, 2.24) is 0 Å². The van der Waals surface area contributed by atoms with Crippen molar-refractivity contribution >= 4 is 17.6 Å². The first-order chi connectivity index (χ1) is 7.16. The van der Waals surface area contributed by atoms with Crippen LogP contribution in [0.15, 0.2) is 42.5 Å². The molecule has 0 aliphatic carbocycles. The molecular formula is C12H13ClO2. The molecule has 0 saturated carbocycles. The zero-order chi connectivity index (χ0) is 11.3. The van der Waals surface area contributed by atoms with Gasteiger partial charge in [0.05, 0.1) is 17.6 Å². The summed E-state index contributed by atoms with van der Waals surface area (Å²) in [6, 6.07) is 9.32. The van der Waals surface area contributed by atoms with Crippen molar-refractivity contribution in [3.8, 4) is 0 Å². The highest BCUT2D eigenvalue weighted by Gasteiger charge is 2.18. The highest BCUT2D eigenvalue weighted by atomic mass is 35.5. The molecule has 0 aromatic heterocycles. The summed E-state index contributed by atoms with van der Waals surface area (Å²) < 4.78 is 4.82. The zero-order valence-electron chi connectivity index (χ0n) is 8.57. The summed E-state index contributed by atoms with van der Waals surface area (Å²) in [5.41, 5.74) is 1.11. The Labute approximate surface area is 94.5 Å². The molecule has 0 radical (unpaired) electrons. The average Bonchev–Trinajstić information content (AvgIpc) is 2.28. The van der Waals surface area contributed by atoms with Crippen LogP contribution >= 0.6 is 11.6 Å². The molecule has 0 heterocycles. The van der Waals surface area contributed by atoms with E-state index in [0.29, 0.717) is 6.61 Å². The molecule has 0 fully saturated rings. The van der Waals surface area contributed by atoms with E-state index in [1.807, 2.05) is 30.3 Å². The first kappa shape index (κ1) is 11.8. The van der Waals surface area contributed by atoms with Crippen molar-refractivity contribution in [2.75, 3.05) is 6.61 Å². The molecule has 0 aliphatic heterocycles. The van der Waals surface area contributed by atoms with E-state index in [-0.39, 0.29) is 5.57 Å². The smallest absolute Gasteiger partial charge is 0.335 e. The molecule has 1 atom stereocenters. The van der Waals surface area contributed by atoms with Gasteiger partial charge in [-0.05, 0) is 12.5 Å². The lowest BCUT2D eigenvalue weighted by Gasteiger charge is -2.11. The minimum Gasteiger partial charge on any atom is -0.463 e. The van der Waals surface area contributed by atoms with Crippen molar-refractivity contribution in [2.24, 2.45) is 0 Å². The third-order valence-corrected chi connectivity index (χ3v) is 2.45. The fraction of sp³-hybridized carbons (Fsp3) is 0.250. The lowest BCUT2D eigenvalue weighted by Crippen LogP contribution is -2.10. The number of halogens is 1. The van der Waals surface area contributed by atoms with Crippen LogP contribution in [0.3, 0.4) is 0 Å². The van der Waals surface area contributed by atoms with Gasteiger partial charge < -0.3 is 4.74 Å². The number of rotatable bonds is 4. The second kappa shape index (κ2) is 5.56. The van der Waals surface area contributed by atoms with Gasteiger partial charge in [-0.25, -0.2) is 4.79 Å². The maximum absolute atomic E-state index is 11.4. The Morgan fingerprint density at radius 1 is 1.47 bits per heavy atom. The van der Waals surface area contributed by atoms with Crippen LogP contribution in [0.2, 0.25) is 0 Å². The third-order valence-electron chi connectivity index (χ3n) is 1.94. The summed E-state index contributed by atoms with van der Waals surface area (Å²) in [4.78, 5) is 11.4. The maximum atomic E-state index is 11.4. The summed E-state index contributed by atoms with van der Waals surface area (Å²) in [5, 5.41) is -0.523. The number of ether oxygens (including phenoxy) is 1. The molecule has 0 bridgehead atoms. The van der Waals surface area contributed by atoms with Crippen LogP contribution in [-0.2, 0) is 9.53 Å². The lowest BCUT2D eigenvalue weighted by atomic mass is 10.1. The predicted octanol–water partition coefficient (Wildman–Crippen LogP) is 3.09. The Hall–Kier alpha value is -1.28.